The zero-order chi connectivity index (χ0) is 9.68. The first kappa shape index (κ1) is 9.77. The van der Waals surface area contributed by atoms with Gasteiger partial charge in [-0.2, -0.15) is 5.10 Å². The van der Waals surface area contributed by atoms with Crippen molar-refractivity contribution in [3.05, 3.63) is 12.7 Å². The number of hydrogen-bond donors (Lipinski definition) is 1. The van der Waals surface area contributed by atoms with Crippen LogP contribution in [0.1, 0.15) is 19.3 Å². The molecule has 0 aliphatic carbocycles. The monoisotopic (exact) mass is 181 g/mol. The van der Waals surface area contributed by atoms with Crippen LogP contribution in [0.15, 0.2) is 17.8 Å². The summed E-state index contributed by atoms with van der Waals surface area (Å²) in [5.74, 6) is 0.797. The molecule has 1 aliphatic heterocycles. The van der Waals surface area contributed by atoms with E-state index in [1.807, 2.05) is 12.1 Å². The number of allylic oxidation sites excluding steroid dienone is 1. The summed E-state index contributed by atoms with van der Waals surface area (Å²) in [4.78, 5) is 11.2. The van der Waals surface area contributed by atoms with E-state index in [4.69, 9.17) is 0 Å². The number of carbonyl (C=O) groups is 1. The van der Waals surface area contributed by atoms with Gasteiger partial charge in [0.15, 0.2) is 0 Å². The van der Waals surface area contributed by atoms with E-state index in [-0.39, 0.29) is 5.91 Å². The van der Waals surface area contributed by atoms with Crippen molar-refractivity contribution in [1.82, 2.24) is 10.3 Å². The summed E-state index contributed by atoms with van der Waals surface area (Å²) in [5, 5.41) is 8.72. The van der Waals surface area contributed by atoms with Crippen LogP contribution in [0.2, 0.25) is 0 Å². The highest BCUT2D eigenvalue weighted by molar-refractivity contribution is 5.98. The number of nitrogens with zero attached hydrogens (tertiary/aromatic N) is 2. The summed E-state index contributed by atoms with van der Waals surface area (Å²) in [7, 11) is 1.89. The van der Waals surface area contributed by atoms with Gasteiger partial charge in [-0.25, -0.2) is 0 Å². The quantitative estimate of drug-likeness (QED) is 0.652. The number of hydrazone groups is 1. The van der Waals surface area contributed by atoms with Gasteiger partial charge in [0.2, 0.25) is 5.91 Å². The Labute approximate surface area is 78.3 Å². The number of amidine groups is 1. The van der Waals surface area contributed by atoms with Crippen LogP contribution in [0.3, 0.4) is 0 Å². The van der Waals surface area contributed by atoms with Crippen molar-refractivity contribution in [2.75, 3.05) is 13.6 Å². The van der Waals surface area contributed by atoms with Crippen LogP contribution in [-0.2, 0) is 4.79 Å². The Balaban J connectivity index is 2.28. The highest BCUT2D eigenvalue weighted by Gasteiger charge is 2.12. The number of carbonyl (C=O) groups excluding carboxylic acids is 1. The number of rotatable bonds is 3. The molecule has 0 aromatic carbocycles. The van der Waals surface area contributed by atoms with Gasteiger partial charge in [0.25, 0.3) is 0 Å². The van der Waals surface area contributed by atoms with Crippen LogP contribution in [0.4, 0.5) is 0 Å². The Morgan fingerprint density at radius 3 is 3.15 bits per heavy atom. The minimum absolute atomic E-state index is 0.0222. The van der Waals surface area contributed by atoms with E-state index in [9.17, 15) is 4.79 Å². The molecule has 1 amide bonds. The molecule has 1 aliphatic rings. The first-order chi connectivity index (χ1) is 6.22. The van der Waals surface area contributed by atoms with E-state index >= 15 is 0 Å². The second-order valence-corrected chi connectivity index (χ2v) is 3.05. The predicted molar refractivity (Wildman–Crippen MR) is 52.3 cm³/mol. The minimum Gasteiger partial charge on any atom is -0.313 e. The number of hydrogen-bond acceptors (Lipinski definition) is 3. The molecule has 13 heavy (non-hydrogen) atoms. The van der Waals surface area contributed by atoms with Crippen molar-refractivity contribution < 1.29 is 4.79 Å². The standard InChI is InChI=1S/C9H15N3O/c1-3-4-5-9(13)10-8-6-7-12(2)11-8/h3H,1,4-7H2,2H3,(H,10,11,13). The number of amides is 1. The van der Waals surface area contributed by atoms with E-state index < -0.39 is 0 Å². The molecule has 4 nitrogen and oxygen atoms in total. The molecule has 4 heteroatoms. The maximum Gasteiger partial charge on any atom is 0.225 e. The van der Waals surface area contributed by atoms with Crippen molar-refractivity contribution >= 4 is 11.7 Å². The van der Waals surface area contributed by atoms with Gasteiger partial charge in [-0.1, -0.05) is 6.08 Å². The van der Waals surface area contributed by atoms with Gasteiger partial charge in [-0.3, -0.25) is 9.80 Å². The van der Waals surface area contributed by atoms with Crippen LogP contribution in [0.5, 0.6) is 0 Å². The maximum atomic E-state index is 11.2. The molecule has 1 N–H and O–H groups in total. The van der Waals surface area contributed by atoms with E-state index in [0.29, 0.717) is 6.42 Å². The van der Waals surface area contributed by atoms with Crippen LogP contribution in [0.25, 0.3) is 0 Å². The highest BCUT2D eigenvalue weighted by Crippen LogP contribution is 2.00. The molecular weight excluding hydrogens is 166 g/mol. The van der Waals surface area contributed by atoms with Gasteiger partial charge in [-0.05, 0) is 6.42 Å². The third-order valence-corrected chi connectivity index (χ3v) is 1.82. The van der Waals surface area contributed by atoms with Gasteiger partial charge in [0.1, 0.15) is 5.84 Å². The second kappa shape index (κ2) is 4.64. The van der Waals surface area contributed by atoms with Crippen molar-refractivity contribution in [3.8, 4) is 0 Å². The molecule has 0 fully saturated rings. The van der Waals surface area contributed by atoms with Crippen LogP contribution in [0, 0.1) is 0 Å². The fourth-order valence-corrected chi connectivity index (χ4v) is 1.12. The van der Waals surface area contributed by atoms with Crippen LogP contribution in [-0.4, -0.2) is 30.3 Å². The average molecular weight is 181 g/mol. The summed E-state index contributed by atoms with van der Waals surface area (Å²) in [5.41, 5.74) is 0. The lowest BCUT2D eigenvalue weighted by molar-refractivity contribution is -0.119. The molecule has 0 spiro atoms. The summed E-state index contributed by atoms with van der Waals surface area (Å²) in [6, 6.07) is 0. The maximum absolute atomic E-state index is 11.2. The Bertz CT molecular complexity index is 235. The van der Waals surface area contributed by atoms with Crippen molar-refractivity contribution in [1.29, 1.82) is 0 Å². The van der Waals surface area contributed by atoms with Crippen LogP contribution < -0.4 is 5.32 Å². The number of nitrogens with one attached hydrogen (secondary N) is 1. The van der Waals surface area contributed by atoms with E-state index in [1.54, 1.807) is 6.08 Å². The Hall–Kier alpha value is -1.32. The predicted octanol–water partition coefficient (Wildman–Crippen LogP) is 0.718. The molecule has 72 valence electrons. The average Bonchev–Trinajstić information content (AvgIpc) is 2.48. The van der Waals surface area contributed by atoms with Gasteiger partial charge in [0, 0.05) is 26.4 Å². The molecule has 1 heterocycles. The van der Waals surface area contributed by atoms with Gasteiger partial charge in [-0.15, -0.1) is 6.58 Å². The lowest BCUT2D eigenvalue weighted by atomic mass is 10.3. The summed E-state index contributed by atoms with van der Waals surface area (Å²) in [6.45, 7) is 4.44. The molecule has 0 saturated heterocycles. The first-order valence-electron chi connectivity index (χ1n) is 4.41. The van der Waals surface area contributed by atoms with E-state index in [2.05, 4.69) is 17.0 Å². The van der Waals surface area contributed by atoms with Crippen molar-refractivity contribution in [3.63, 3.8) is 0 Å². The second-order valence-electron chi connectivity index (χ2n) is 3.05. The highest BCUT2D eigenvalue weighted by atomic mass is 16.1. The Morgan fingerprint density at radius 1 is 1.85 bits per heavy atom. The molecule has 0 aromatic heterocycles. The fourth-order valence-electron chi connectivity index (χ4n) is 1.12. The Morgan fingerprint density at radius 2 is 2.62 bits per heavy atom. The lowest BCUT2D eigenvalue weighted by Gasteiger charge is -2.02. The lowest BCUT2D eigenvalue weighted by Crippen LogP contribution is -2.28. The van der Waals surface area contributed by atoms with Crippen molar-refractivity contribution in [2.45, 2.75) is 19.3 Å². The SMILES string of the molecule is C=CCCC(=O)NC1=NN(C)CC1. The smallest absolute Gasteiger partial charge is 0.225 e. The molecule has 0 saturated carbocycles. The van der Waals surface area contributed by atoms with E-state index in [1.165, 1.54) is 0 Å². The normalized spacial score (nSPS) is 15.5. The largest absolute Gasteiger partial charge is 0.313 e. The molecule has 0 atom stereocenters. The van der Waals surface area contributed by atoms with E-state index in [0.717, 1.165) is 25.2 Å². The van der Waals surface area contributed by atoms with Crippen LogP contribution >= 0.6 is 0 Å². The Kier molecular flexibility index (Phi) is 3.49. The third-order valence-electron chi connectivity index (χ3n) is 1.82. The summed E-state index contributed by atoms with van der Waals surface area (Å²) >= 11 is 0. The topological polar surface area (TPSA) is 44.7 Å². The first-order valence-corrected chi connectivity index (χ1v) is 4.41. The fraction of sp³-hybridized carbons (Fsp3) is 0.556. The zero-order valence-corrected chi connectivity index (χ0v) is 7.92. The third kappa shape index (κ3) is 3.27. The summed E-state index contributed by atoms with van der Waals surface area (Å²) in [6.07, 6.45) is 3.78. The van der Waals surface area contributed by atoms with Gasteiger partial charge < -0.3 is 5.32 Å². The van der Waals surface area contributed by atoms with Gasteiger partial charge in [0.05, 0.1) is 0 Å². The molecule has 0 unspecified atom stereocenters. The minimum atomic E-state index is 0.0222. The zero-order valence-electron chi connectivity index (χ0n) is 7.92. The molecule has 0 aromatic rings. The molecule has 0 radical (unpaired) electrons. The molecule has 0 bridgehead atoms. The van der Waals surface area contributed by atoms with Crippen molar-refractivity contribution in [2.24, 2.45) is 5.10 Å². The summed E-state index contributed by atoms with van der Waals surface area (Å²) < 4.78 is 0. The van der Waals surface area contributed by atoms with Gasteiger partial charge >= 0.3 is 0 Å². The molecule has 1 rings (SSSR count). The molecular formula is C9H15N3O.